The van der Waals surface area contributed by atoms with Gasteiger partial charge in [-0.25, -0.2) is 8.42 Å². The van der Waals surface area contributed by atoms with Crippen molar-refractivity contribution in [3.05, 3.63) is 17.0 Å². The van der Waals surface area contributed by atoms with Crippen molar-refractivity contribution in [2.45, 2.75) is 37.4 Å². The Kier molecular flexibility index (Phi) is 5.00. The van der Waals surface area contributed by atoms with Crippen LogP contribution in [-0.4, -0.2) is 32.4 Å². The molecule has 2 heterocycles. The Morgan fingerprint density at radius 2 is 2.26 bits per heavy atom. The molecule has 0 aromatic carbocycles. The van der Waals surface area contributed by atoms with Crippen molar-refractivity contribution in [3.63, 3.8) is 0 Å². The molecule has 108 valence electrons. The summed E-state index contributed by atoms with van der Waals surface area (Å²) in [6, 6.07) is 3.65. The Hall–Kier alpha value is -0.430. The first-order chi connectivity index (χ1) is 9.04. The topological polar surface area (TPSA) is 49.4 Å². The summed E-state index contributed by atoms with van der Waals surface area (Å²) < 4.78 is 27.2. The summed E-state index contributed by atoms with van der Waals surface area (Å²) in [4.78, 5) is 1.07. The van der Waals surface area contributed by atoms with Crippen molar-refractivity contribution in [2.75, 3.05) is 19.6 Å². The van der Waals surface area contributed by atoms with Crippen molar-refractivity contribution < 1.29 is 8.42 Å². The van der Waals surface area contributed by atoms with Crippen LogP contribution in [0.1, 0.15) is 31.6 Å². The first kappa shape index (κ1) is 15.0. The summed E-state index contributed by atoms with van der Waals surface area (Å²) in [7, 11) is -3.28. The van der Waals surface area contributed by atoms with E-state index >= 15 is 0 Å². The van der Waals surface area contributed by atoms with Gasteiger partial charge in [0.1, 0.15) is 4.21 Å². The van der Waals surface area contributed by atoms with E-state index < -0.39 is 10.0 Å². The van der Waals surface area contributed by atoms with E-state index in [-0.39, 0.29) is 0 Å². The van der Waals surface area contributed by atoms with Crippen LogP contribution in [0.25, 0.3) is 0 Å². The van der Waals surface area contributed by atoms with Gasteiger partial charge < -0.3 is 5.32 Å². The molecule has 1 N–H and O–H groups in total. The van der Waals surface area contributed by atoms with Gasteiger partial charge in [0.15, 0.2) is 0 Å². The molecule has 1 aliphatic heterocycles. The predicted molar refractivity (Wildman–Crippen MR) is 78.9 cm³/mol. The summed E-state index contributed by atoms with van der Waals surface area (Å²) in [5.41, 5.74) is 0. The molecule has 6 heteroatoms. The summed E-state index contributed by atoms with van der Waals surface area (Å²) in [6.07, 6.45) is 2.10. The Bertz CT molecular complexity index is 510. The van der Waals surface area contributed by atoms with Crippen LogP contribution in [0.15, 0.2) is 16.3 Å². The first-order valence-electron chi connectivity index (χ1n) is 6.83. The molecule has 0 radical (unpaired) electrons. The standard InChI is InChI=1S/C13H22N2O2S2/c1-3-14-9-12-6-7-13(18-12)19(16,17)15-8-4-5-11(2)10-15/h6-7,11,14H,3-5,8-10H2,1-2H3. The zero-order chi connectivity index (χ0) is 13.9. The average molecular weight is 302 g/mol. The Labute approximate surface area is 119 Å². The highest BCUT2D eigenvalue weighted by Crippen LogP contribution is 2.28. The Morgan fingerprint density at radius 1 is 1.47 bits per heavy atom. The smallest absolute Gasteiger partial charge is 0.252 e. The number of thiophene rings is 1. The maximum absolute atomic E-state index is 12.5. The van der Waals surface area contributed by atoms with Gasteiger partial charge in [0, 0.05) is 24.5 Å². The van der Waals surface area contributed by atoms with E-state index in [4.69, 9.17) is 0 Å². The Morgan fingerprint density at radius 3 is 2.95 bits per heavy atom. The molecular weight excluding hydrogens is 280 g/mol. The fourth-order valence-electron chi connectivity index (χ4n) is 2.33. The fourth-order valence-corrected chi connectivity index (χ4v) is 5.41. The van der Waals surface area contributed by atoms with E-state index in [9.17, 15) is 8.42 Å². The predicted octanol–water partition coefficient (Wildman–Crippen LogP) is 2.28. The van der Waals surface area contributed by atoms with Gasteiger partial charge in [-0.1, -0.05) is 13.8 Å². The summed E-state index contributed by atoms with van der Waals surface area (Å²) in [5, 5.41) is 3.22. The third-order valence-corrected chi connectivity index (χ3v) is 6.82. The second-order valence-corrected chi connectivity index (χ2v) is 8.44. The fraction of sp³-hybridized carbons (Fsp3) is 0.692. The number of hydrogen-bond donors (Lipinski definition) is 1. The molecule has 1 fully saturated rings. The lowest BCUT2D eigenvalue weighted by molar-refractivity contribution is 0.281. The second-order valence-electron chi connectivity index (χ2n) is 5.11. The van der Waals surface area contributed by atoms with E-state index in [1.165, 1.54) is 11.3 Å². The molecule has 1 aliphatic rings. The number of nitrogens with zero attached hydrogens (tertiary/aromatic N) is 1. The van der Waals surface area contributed by atoms with Gasteiger partial charge in [-0.15, -0.1) is 11.3 Å². The van der Waals surface area contributed by atoms with Crippen molar-refractivity contribution in [1.82, 2.24) is 9.62 Å². The van der Waals surface area contributed by atoms with Crippen LogP contribution in [0.4, 0.5) is 0 Å². The van der Waals surface area contributed by atoms with E-state index in [1.807, 2.05) is 13.0 Å². The van der Waals surface area contributed by atoms with Gasteiger partial charge in [-0.05, 0) is 37.4 Å². The largest absolute Gasteiger partial charge is 0.312 e. The van der Waals surface area contributed by atoms with E-state index in [0.29, 0.717) is 23.2 Å². The third-order valence-electron chi connectivity index (χ3n) is 3.40. The molecular formula is C13H22N2O2S2. The van der Waals surface area contributed by atoms with E-state index in [1.54, 1.807) is 10.4 Å². The Balaban J connectivity index is 2.12. The lowest BCUT2D eigenvalue weighted by atomic mass is 10.0. The summed E-state index contributed by atoms with van der Waals surface area (Å²) in [6.45, 7) is 7.11. The highest BCUT2D eigenvalue weighted by Gasteiger charge is 2.29. The van der Waals surface area contributed by atoms with Gasteiger partial charge in [0.05, 0.1) is 0 Å². The lowest BCUT2D eigenvalue weighted by Gasteiger charge is -2.29. The van der Waals surface area contributed by atoms with Crippen LogP contribution < -0.4 is 5.32 Å². The second kappa shape index (κ2) is 6.35. The number of sulfonamides is 1. The highest BCUT2D eigenvalue weighted by atomic mass is 32.2. The summed E-state index contributed by atoms with van der Waals surface area (Å²) >= 11 is 1.38. The zero-order valence-electron chi connectivity index (χ0n) is 11.6. The molecule has 1 unspecified atom stereocenters. The average Bonchev–Trinajstić information content (AvgIpc) is 2.86. The van der Waals surface area contributed by atoms with Gasteiger partial charge in [0.2, 0.25) is 0 Å². The van der Waals surface area contributed by atoms with Gasteiger partial charge in [0.25, 0.3) is 10.0 Å². The van der Waals surface area contributed by atoms with Crippen LogP contribution in [0.3, 0.4) is 0 Å². The zero-order valence-corrected chi connectivity index (χ0v) is 13.2. The molecule has 0 saturated carbocycles. The van der Waals surface area contributed by atoms with E-state index in [0.717, 1.165) is 30.8 Å². The normalized spacial score (nSPS) is 21.7. The van der Waals surface area contributed by atoms with Crippen molar-refractivity contribution in [3.8, 4) is 0 Å². The molecule has 1 aromatic rings. The van der Waals surface area contributed by atoms with Crippen molar-refractivity contribution in [2.24, 2.45) is 5.92 Å². The van der Waals surface area contributed by atoms with Crippen molar-refractivity contribution in [1.29, 1.82) is 0 Å². The number of rotatable bonds is 5. The number of nitrogens with one attached hydrogen (secondary N) is 1. The number of piperidine rings is 1. The van der Waals surface area contributed by atoms with Crippen LogP contribution in [0.2, 0.25) is 0 Å². The van der Waals surface area contributed by atoms with Crippen LogP contribution >= 0.6 is 11.3 Å². The molecule has 1 atom stereocenters. The quantitative estimate of drug-likeness (QED) is 0.908. The molecule has 19 heavy (non-hydrogen) atoms. The van der Waals surface area contributed by atoms with Crippen LogP contribution in [-0.2, 0) is 16.6 Å². The minimum absolute atomic E-state index is 0.463. The molecule has 2 rings (SSSR count). The highest BCUT2D eigenvalue weighted by molar-refractivity contribution is 7.91. The summed E-state index contributed by atoms with van der Waals surface area (Å²) in [5.74, 6) is 0.463. The van der Waals surface area contributed by atoms with Gasteiger partial charge in [-0.3, -0.25) is 0 Å². The number of hydrogen-bond acceptors (Lipinski definition) is 4. The molecule has 4 nitrogen and oxygen atoms in total. The third kappa shape index (κ3) is 3.56. The maximum Gasteiger partial charge on any atom is 0.252 e. The SMILES string of the molecule is CCNCc1ccc(S(=O)(=O)N2CCCC(C)C2)s1. The van der Waals surface area contributed by atoms with Crippen molar-refractivity contribution >= 4 is 21.4 Å². The van der Waals surface area contributed by atoms with Crippen LogP contribution in [0.5, 0.6) is 0 Å². The lowest BCUT2D eigenvalue weighted by Crippen LogP contribution is -2.38. The molecule has 0 amide bonds. The molecule has 1 saturated heterocycles. The van der Waals surface area contributed by atoms with Gasteiger partial charge in [-0.2, -0.15) is 4.31 Å². The maximum atomic E-state index is 12.5. The molecule has 0 bridgehead atoms. The molecule has 1 aromatic heterocycles. The minimum Gasteiger partial charge on any atom is -0.312 e. The molecule has 0 aliphatic carbocycles. The molecule has 0 spiro atoms. The van der Waals surface area contributed by atoms with E-state index in [2.05, 4.69) is 12.2 Å². The minimum atomic E-state index is -3.28. The van der Waals surface area contributed by atoms with Gasteiger partial charge >= 0.3 is 0 Å². The first-order valence-corrected chi connectivity index (χ1v) is 9.09. The monoisotopic (exact) mass is 302 g/mol. The van der Waals surface area contributed by atoms with Crippen LogP contribution in [0, 0.1) is 5.92 Å².